The van der Waals surface area contributed by atoms with E-state index in [-0.39, 0.29) is 24.3 Å². The van der Waals surface area contributed by atoms with Crippen molar-refractivity contribution in [1.29, 1.82) is 0 Å². The molecule has 0 aromatic heterocycles. The van der Waals surface area contributed by atoms with Crippen molar-refractivity contribution in [2.45, 2.75) is 25.2 Å². The van der Waals surface area contributed by atoms with Crippen LogP contribution < -0.4 is 4.90 Å². The summed E-state index contributed by atoms with van der Waals surface area (Å²) in [6, 6.07) is 15.5. The van der Waals surface area contributed by atoms with Gasteiger partial charge in [-0.3, -0.25) is 9.59 Å². The Labute approximate surface area is 140 Å². The van der Waals surface area contributed by atoms with Gasteiger partial charge < -0.3 is 10.0 Å². The number of fused-ring (bicyclic) bond motifs is 1. The fourth-order valence-electron chi connectivity index (χ4n) is 3.84. The third kappa shape index (κ3) is 2.30. The predicted molar refractivity (Wildman–Crippen MR) is 91.2 cm³/mol. The van der Waals surface area contributed by atoms with Crippen LogP contribution in [0.2, 0.25) is 0 Å². The SMILES string of the molecule is Cc1ccccc1C1CC1C(=O)N1CC(C(=O)O)c2ccccc21. The van der Waals surface area contributed by atoms with Gasteiger partial charge in [-0.05, 0) is 42.0 Å². The van der Waals surface area contributed by atoms with E-state index >= 15 is 0 Å². The Bertz CT molecular complexity index is 829. The normalized spacial score (nSPS) is 24.5. The zero-order chi connectivity index (χ0) is 16.8. The molecule has 122 valence electrons. The van der Waals surface area contributed by atoms with E-state index in [0.717, 1.165) is 17.7 Å². The number of rotatable bonds is 3. The van der Waals surface area contributed by atoms with Gasteiger partial charge in [-0.15, -0.1) is 0 Å². The molecule has 0 bridgehead atoms. The fraction of sp³-hybridized carbons (Fsp3) is 0.300. The van der Waals surface area contributed by atoms with Gasteiger partial charge in [0.25, 0.3) is 0 Å². The molecule has 1 amide bonds. The molecule has 1 aliphatic carbocycles. The lowest BCUT2D eigenvalue weighted by atomic mass is 10.0. The molecule has 0 spiro atoms. The molecule has 4 heteroatoms. The second-order valence-corrected chi connectivity index (χ2v) is 6.70. The Morgan fingerprint density at radius 1 is 1.04 bits per heavy atom. The number of carboxylic acids is 1. The molecule has 1 N–H and O–H groups in total. The lowest BCUT2D eigenvalue weighted by molar-refractivity contribution is -0.138. The molecule has 1 aliphatic heterocycles. The Balaban J connectivity index is 1.59. The van der Waals surface area contributed by atoms with Gasteiger partial charge in [-0.2, -0.15) is 0 Å². The Hall–Kier alpha value is -2.62. The molecule has 0 radical (unpaired) electrons. The van der Waals surface area contributed by atoms with E-state index in [4.69, 9.17) is 0 Å². The maximum atomic E-state index is 13.0. The van der Waals surface area contributed by atoms with Crippen LogP contribution in [-0.4, -0.2) is 23.5 Å². The summed E-state index contributed by atoms with van der Waals surface area (Å²) in [6.45, 7) is 2.31. The standard InChI is InChI=1S/C20H19NO3/c1-12-6-2-3-7-13(12)15-10-16(15)19(22)21-11-17(20(23)24)14-8-4-5-9-18(14)21/h2-9,15-17H,10-11H2,1H3,(H,23,24). The summed E-state index contributed by atoms with van der Waals surface area (Å²) in [6.07, 6.45) is 0.847. The predicted octanol–water partition coefficient (Wildman–Crippen LogP) is 3.31. The number of anilines is 1. The molecule has 1 fully saturated rings. The van der Waals surface area contributed by atoms with E-state index in [1.807, 2.05) is 36.4 Å². The first-order valence-corrected chi connectivity index (χ1v) is 8.26. The van der Waals surface area contributed by atoms with Gasteiger partial charge in [0.2, 0.25) is 5.91 Å². The molecule has 2 aromatic carbocycles. The number of aliphatic carboxylic acids is 1. The van der Waals surface area contributed by atoms with Gasteiger partial charge in [0.1, 0.15) is 5.92 Å². The quantitative estimate of drug-likeness (QED) is 0.943. The first-order chi connectivity index (χ1) is 11.6. The van der Waals surface area contributed by atoms with Crippen molar-refractivity contribution in [2.75, 3.05) is 11.4 Å². The van der Waals surface area contributed by atoms with E-state index < -0.39 is 11.9 Å². The van der Waals surface area contributed by atoms with E-state index in [9.17, 15) is 14.7 Å². The Morgan fingerprint density at radius 2 is 1.71 bits per heavy atom. The van der Waals surface area contributed by atoms with Crippen molar-refractivity contribution in [3.63, 3.8) is 0 Å². The zero-order valence-corrected chi connectivity index (χ0v) is 13.5. The third-order valence-electron chi connectivity index (χ3n) is 5.23. The first kappa shape index (κ1) is 14.9. The van der Waals surface area contributed by atoms with Crippen molar-refractivity contribution < 1.29 is 14.7 Å². The van der Waals surface area contributed by atoms with Crippen LogP contribution in [0.25, 0.3) is 0 Å². The van der Waals surface area contributed by atoms with Crippen molar-refractivity contribution in [3.8, 4) is 0 Å². The van der Waals surface area contributed by atoms with Crippen LogP contribution in [0.15, 0.2) is 48.5 Å². The molecular weight excluding hydrogens is 302 g/mol. The highest BCUT2D eigenvalue weighted by molar-refractivity contribution is 6.01. The number of para-hydroxylation sites is 1. The number of hydrogen-bond acceptors (Lipinski definition) is 2. The number of hydrogen-bond donors (Lipinski definition) is 1. The molecule has 2 aliphatic rings. The van der Waals surface area contributed by atoms with Crippen molar-refractivity contribution in [2.24, 2.45) is 5.92 Å². The summed E-state index contributed by atoms with van der Waals surface area (Å²) in [4.78, 5) is 26.2. The molecule has 2 aromatic rings. The van der Waals surface area contributed by atoms with Gasteiger partial charge in [0, 0.05) is 18.2 Å². The molecule has 4 nitrogen and oxygen atoms in total. The number of carboxylic acid groups (broad SMARTS) is 1. The zero-order valence-electron chi connectivity index (χ0n) is 13.5. The minimum Gasteiger partial charge on any atom is -0.481 e. The minimum absolute atomic E-state index is 0.0355. The van der Waals surface area contributed by atoms with Crippen LogP contribution >= 0.6 is 0 Å². The van der Waals surface area contributed by atoms with E-state index in [1.165, 1.54) is 11.1 Å². The molecule has 24 heavy (non-hydrogen) atoms. The van der Waals surface area contributed by atoms with Gasteiger partial charge >= 0.3 is 5.97 Å². The van der Waals surface area contributed by atoms with Crippen LogP contribution in [0, 0.1) is 12.8 Å². The number of carbonyl (C=O) groups excluding carboxylic acids is 1. The first-order valence-electron chi connectivity index (χ1n) is 8.26. The monoisotopic (exact) mass is 321 g/mol. The van der Waals surface area contributed by atoms with Crippen LogP contribution in [0.3, 0.4) is 0 Å². The maximum absolute atomic E-state index is 13.0. The molecule has 1 saturated carbocycles. The number of aryl methyl sites for hydroxylation is 1. The topological polar surface area (TPSA) is 57.6 Å². The lowest BCUT2D eigenvalue weighted by Crippen LogP contribution is -2.32. The highest BCUT2D eigenvalue weighted by Crippen LogP contribution is 2.51. The molecule has 0 saturated heterocycles. The number of amides is 1. The van der Waals surface area contributed by atoms with Gasteiger partial charge in [0.15, 0.2) is 0 Å². The molecular formula is C20H19NO3. The summed E-state index contributed by atoms with van der Waals surface area (Å²) < 4.78 is 0. The van der Waals surface area contributed by atoms with Crippen molar-refractivity contribution in [1.82, 2.24) is 0 Å². The molecule has 1 heterocycles. The molecule has 4 rings (SSSR count). The van der Waals surface area contributed by atoms with Gasteiger partial charge in [-0.25, -0.2) is 0 Å². The van der Waals surface area contributed by atoms with Crippen molar-refractivity contribution >= 4 is 17.6 Å². The van der Waals surface area contributed by atoms with Gasteiger partial charge in [0.05, 0.1) is 0 Å². The van der Waals surface area contributed by atoms with E-state index in [2.05, 4.69) is 19.1 Å². The average molecular weight is 321 g/mol. The number of benzene rings is 2. The summed E-state index contributed by atoms with van der Waals surface area (Å²) in [5.41, 5.74) is 3.94. The lowest BCUT2D eigenvalue weighted by Gasteiger charge is -2.18. The van der Waals surface area contributed by atoms with Gasteiger partial charge in [-0.1, -0.05) is 42.5 Å². The second-order valence-electron chi connectivity index (χ2n) is 6.70. The summed E-state index contributed by atoms with van der Waals surface area (Å²) >= 11 is 0. The van der Waals surface area contributed by atoms with Crippen molar-refractivity contribution in [3.05, 3.63) is 65.2 Å². The maximum Gasteiger partial charge on any atom is 0.312 e. The van der Waals surface area contributed by atoms with Crippen LogP contribution in [0.4, 0.5) is 5.69 Å². The second kappa shape index (κ2) is 5.48. The summed E-state index contributed by atoms with van der Waals surface area (Å²) in [5, 5.41) is 9.44. The number of nitrogens with zero attached hydrogens (tertiary/aromatic N) is 1. The summed E-state index contributed by atoms with van der Waals surface area (Å²) in [7, 11) is 0. The molecule has 3 unspecified atom stereocenters. The van der Waals surface area contributed by atoms with E-state index in [0.29, 0.717) is 0 Å². The van der Waals surface area contributed by atoms with Crippen LogP contribution in [0.1, 0.15) is 34.9 Å². The minimum atomic E-state index is -0.871. The smallest absolute Gasteiger partial charge is 0.312 e. The third-order valence-corrected chi connectivity index (χ3v) is 5.23. The van der Waals surface area contributed by atoms with E-state index in [1.54, 1.807) is 4.90 Å². The highest BCUT2D eigenvalue weighted by atomic mass is 16.4. The average Bonchev–Trinajstić information content (AvgIpc) is 3.27. The fourth-order valence-corrected chi connectivity index (χ4v) is 3.84. The number of carbonyl (C=O) groups is 2. The highest BCUT2D eigenvalue weighted by Gasteiger charge is 2.49. The van der Waals surface area contributed by atoms with Crippen LogP contribution in [-0.2, 0) is 9.59 Å². The van der Waals surface area contributed by atoms with Crippen LogP contribution in [0.5, 0.6) is 0 Å². The Morgan fingerprint density at radius 3 is 2.42 bits per heavy atom. The summed E-state index contributed by atoms with van der Waals surface area (Å²) in [5.74, 6) is -1.22. The molecule has 3 atom stereocenters. The largest absolute Gasteiger partial charge is 0.481 e. The Kier molecular flexibility index (Phi) is 3.41.